The van der Waals surface area contributed by atoms with Crippen molar-refractivity contribution in [2.45, 2.75) is 38.2 Å². The Balaban J connectivity index is 1.52. The van der Waals surface area contributed by atoms with Crippen LogP contribution in [0.1, 0.15) is 37.3 Å². The first-order valence-corrected chi connectivity index (χ1v) is 8.58. The van der Waals surface area contributed by atoms with Crippen molar-refractivity contribution < 1.29 is 9.90 Å². The van der Waals surface area contributed by atoms with Crippen LogP contribution < -0.4 is 5.32 Å². The third kappa shape index (κ3) is 4.24. The maximum absolute atomic E-state index is 12.3. The molecule has 0 radical (unpaired) electrons. The molecule has 24 heavy (non-hydrogen) atoms. The molecular weight excluding hydrogens is 298 g/mol. The van der Waals surface area contributed by atoms with Crippen LogP contribution in [0, 0.1) is 5.41 Å². The van der Waals surface area contributed by atoms with Crippen molar-refractivity contribution in [3.8, 4) is 0 Å². The van der Waals surface area contributed by atoms with Gasteiger partial charge in [-0.05, 0) is 42.7 Å². The Bertz CT molecular complexity index is 675. The van der Waals surface area contributed by atoms with Crippen LogP contribution >= 0.6 is 0 Å². The van der Waals surface area contributed by atoms with E-state index in [1.54, 1.807) is 6.92 Å². The molecule has 126 valence electrons. The molecule has 0 aliphatic heterocycles. The number of nitrogens with one attached hydrogen (secondary N) is 1. The van der Waals surface area contributed by atoms with E-state index in [9.17, 15) is 9.90 Å². The summed E-state index contributed by atoms with van der Waals surface area (Å²) < 4.78 is 0. The maximum atomic E-state index is 12.3. The van der Waals surface area contributed by atoms with Gasteiger partial charge in [-0.15, -0.1) is 0 Å². The van der Waals surface area contributed by atoms with Gasteiger partial charge in [-0.1, -0.05) is 60.7 Å². The van der Waals surface area contributed by atoms with Crippen LogP contribution in [-0.2, 0) is 16.8 Å². The van der Waals surface area contributed by atoms with Crippen molar-refractivity contribution in [3.63, 3.8) is 0 Å². The number of hydrogen-bond acceptors (Lipinski definition) is 2. The van der Waals surface area contributed by atoms with E-state index in [-0.39, 0.29) is 17.7 Å². The highest BCUT2D eigenvalue weighted by atomic mass is 16.3. The van der Waals surface area contributed by atoms with Crippen LogP contribution in [0.25, 0.3) is 0 Å². The van der Waals surface area contributed by atoms with Gasteiger partial charge >= 0.3 is 0 Å². The zero-order valence-corrected chi connectivity index (χ0v) is 14.2. The second-order valence-electron chi connectivity index (χ2n) is 7.26. The van der Waals surface area contributed by atoms with Crippen LogP contribution in [0.5, 0.6) is 0 Å². The molecule has 1 atom stereocenters. The number of rotatable bonds is 7. The van der Waals surface area contributed by atoms with Crippen LogP contribution in [0.4, 0.5) is 0 Å². The highest BCUT2D eigenvalue weighted by Crippen LogP contribution is 2.47. The number of hydrogen-bond donors (Lipinski definition) is 2. The number of benzene rings is 2. The smallest absolute Gasteiger partial charge is 0.223 e. The summed E-state index contributed by atoms with van der Waals surface area (Å²) in [4.78, 5) is 12.3. The molecule has 3 rings (SSSR count). The fraction of sp³-hybridized carbons (Fsp3) is 0.381. The maximum Gasteiger partial charge on any atom is 0.223 e. The van der Waals surface area contributed by atoms with Gasteiger partial charge in [-0.2, -0.15) is 0 Å². The lowest BCUT2D eigenvalue weighted by Crippen LogP contribution is -2.36. The van der Waals surface area contributed by atoms with Gasteiger partial charge in [-0.25, -0.2) is 0 Å². The van der Waals surface area contributed by atoms with Crippen molar-refractivity contribution in [3.05, 3.63) is 71.8 Å². The Labute approximate surface area is 143 Å². The van der Waals surface area contributed by atoms with E-state index < -0.39 is 5.60 Å². The van der Waals surface area contributed by atoms with Gasteiger partial charge in [0.15, 0.2) is 0 Å². The van der Waals surface area contributed by atoms with E-state index in [2.05, 4.69) is 29.6 Å². The van der Waals surface area contributed by atoms with Gasteiger partial charge in [0, 0.05) is 6.54 Å². The summed E-state index contributed by atoms with van der Waals surface area (Å²) in [6.45, 7) is 2.38. The van der Waals surface area contributed by atoms with Crippen LogP contribution in [0.2, 0.25) is 0 Å². The number of aliphatic hydroxyl groups is 1. The van der Waals surface area contributed by atoms with Gasteiger partial charge in [0.2, 0.25) is 5.91 Å². The molecule has 1 unspecified atom stereocenters. The average molecular weight is 323 g/mol. The minimum absolute atomic E-state index is 0.0818. The summed E-state index contributed by atoms with van der Waals surface area (Å²) in [7, 11) is 0. The summed E-state index contributed by atoms with van der Waals surface area (Å²) in [5, 5.41) is 13.6. The second-order valence-corrected chi connectivity index (χ2v) is 7.26. The Morgan fingerprint density at radius 2 is 1.67 bits per heavy atom. The molecule has 0 spiro atoms. The van der Waals surface area contributed by atoms with Crippen LogP contribution in [0.3, 0.4) is 0 Å². The zero-order chi connectivity index (χ0) is 17.0. The molecule has 2 aromatic carbocycles. The standard InChI is InChI=1S/C21H25NO2/c1-20(24,18-10-6-3-7-11-18)15-19(23)22-16-21(12-13-21)14-17-8-4-2-5-9-17/h2-11,24H,12-16H2,1H3,(H,22,23). The monoisotopic (exact) mass is 323 g/mol. The second kappa shape index (κ2) is 6.78. The predicted octanol–water partition coefficient (Wildman–Crippen LogP) is 3.42. The zero-order valence-electron chi connectivity index (χ0n) is 14.2. The molecule has 3 nitrogen and oxygen atoms in total. The topological polar surface area (TPSA) is 49.3 Å². The van der Waals surface area contributed by atoms with Gasteiger partial charge in [-0.3, -0.25) is 4.79 Å². The Hall–Kier alpha value is -2.13. The van der Waals surface area contributed by atoms with E-state index in [0.29, 0.717) is 6.54 Å². The summed E-state index contributed by atoms with van der Waals surface area (Å²) >= 11 is 0. The molecule has 2 aromatic rings. The van der Waals surface area contributed by atoms with Crippen LogP contribution in [-0.4, -0.2) is 17.6 Å². The summed E-state index contributed by atoms with van der Waals surface area (Å²) in [5.74, 6) is -0.0943. The van der Waals surface area contributed by atoms with Crippen molar-refractivity contribution in [1.29, 1.82) is 0 Å². The highest BCUT2D eigenvalue weighted by molar-refractivity contribution is 5.77. The van der Waals surface area contributed by atoms with E-state index in [1.807, 2.05) is 36.4 Å². The average Bonchev–Trinajstić information content (AvgIpc) is 3.34. The largest absolute Gasteiger partial charge is 0.385 e. The lowest BCUT2D eigenvalue weighted by atomic mass is 9.92. The molecule has 1 aliphatic rings. The van der Waals surface area contributed by atoms with Crippen molar-refractivity contribution in [1.82, 2.24) is 5.32 Å². The van der Waals surface area contributed by atoms with E-state index in [1.165, 1.54) is 5.56 Å². The molecular formula is C21H25NO2. The molecule has 0 heterocycles. The summed E-state index contributed by atoms with van der Waals surface area (Å²) in [6.07, 6.45) is 3.39. The number of amides is 1. The molecule has 2 N–H and O–H groups in total. The SMILES string of the molecule is CC(O)(CC(=O)NCC1(Cc2ccccc2)CC1)c1ccccc1. The van der Waals surface area contributed by atoms with E-state index in [4.69, 9.17) is 0 Å². The van der Waals surface area contributed by atoms with E-state index in [0.717, 1.165) is 24.8 Å². The van der Waals surface area contributed by atoms with Crippen molar-refractivity contribution >= 4 is 5.91 Å². The van der Waals surface area contributed by atoms with Gasteiger partial charge in [0.25, 0.3) is 0 Å². The first kappa shape index (κ1) is 16.7. The molecule has 0 aromatic heterocycles. The Kier molecular flexibility index (Phi) is 4.72. The Morgan fingerprint density at radius 3 is 2.25 bits per heavy atom. The molecule has 1 fully saturated rings. The summed E-state index contributed by atoms with van der Waals surface area (Å²) in [5.41, 5.74) is 1.16. The summed E-state index contributed by atoms with van der Waals surface area (Å²) in [6, 6.07) is 19.8. The lowest BCUT2D eigenvalue weighted by molar-refractivity contribution is -0.126. The number of carbonyl (C=O) groups excluding carboxylic acids is 1. The molecule has 0 bridgehead atoms. The quantitative estimate of drug-likeness (QED) is 0.820. The van der Waals surface area contributed by atoms with Crippen LogP contribution in [0.15, 0.2) is 60.7 Å². The third-order valence-electron chi connectivity index (χ3n) is 4.94. The minimum Gasteiger partial charge on any atom is -0.385 e. The first-order valence-electron chi connectivity index (χ1n) is 8.58. The molecule has 1 aliphatic carbocycles. The van der Waals surface area contributed by atoms with Gasteiger partial charge in [0.1, 0.15) is 0 Å². The van der Waals surface area contributed by atoms with E-state index >= 15 is 0 Å². The highest BCUT2D eigenvalue weighted by Gasteiger charge is 2.42. The van der Waals surface area contributed by atoms with Crippen molar-refractivity contribution in [2.24, 2.45) is 5.41 Å². The third-order valence-corrected chi connectivity index (χ3v) is 4.94. The predicted molar refractivity (Wildman–Crippen MR) is 95.5 cm³/mol. The van der Waals surface area contributed by atoms with Gasteiger partial charge < -0.3 is 10.4 Å². The van der Waals surface area contributed by atoms with Gasteiger partial charge in [0.05, 0.1) is 12.0 Å². The first-order chi connectivity index (χ1) is 11.5. The van der Waals surface area contributed by atoms with Crippen molar-refractivity contribution in [2.75, 3.05) is 6.54 Å². The lowest BCUT2D eigenvalue weighted by Gasteiger charge is -2.24. The number of carbonyl (C=O) groups is 1. The molecule has 1 amide bonds. The molecule has 1 saturated carbocycles. The Morgan fingerprint density at radius 1 is 1.08 bits per heavy atom. The minimum atomic E-state index is -1.14. The fourth-order valence-corrected chi connectivity index (χ4v) is 3.18. The molecule has 3 heteroatoms. The molecule has 0 saturated heterocycles. The normalized spacial score (nSPS) is 17.8. The fourth-order valence-electron chi connectivity index (χ4n) is 3.18.